The van der Waals surface area contributed by atoms with Crippen molar-refractivity contribution in [3.05, 3.63) is 24.0 Å². The topological polar surface area (TPSA) is 37.3 Å². The van der Waals surface area contributed by atoms with Crippen LogP contribution in [0.25, 0.3) is 0 Å². The Hall–Kier alpha value is -1.05. The molecule has 0 spiro atoms. The van der Waals surface area contributed by atoms with E-state index in [-0.39, 0.29) is 11.5 Å². The molecule has 0 aliphatic heterocycles. The van der Waals surface area contributed by atoms with Gasteiger partial charge in [-0.2, -0.15) is 0 Å². The summed E-state index contributed by atoms with van der Waals surface area (Å²) >= 11 is 0. The Kier molecular flexibility index (Phi) is 2.26. The van der Waals surface area contributed by atoms with E-state index in [1.165, 1.54) is 6.08 Å². The van der Waals surface area contributed by atoms with Gasteiger partial charge in [-0.25, -0.2) is 0 Å². The fourth-order valence-electron chi connectivity index (χ4n) is 0.851. The lowest BCUT2D eigenvalue weighted by Crippen LogP contribution is -1.98. The minimum Gasteiger partial charge on any atom is -0.504 e. The molecule has 0 bridgehead atoms. The number of carbonyl (C=O) groups is 1. The largest absolute Gasteiger partial charge is 0.504 e. The molecule has 0 atom stereocenters. The molecule has 0 fully saturated rings. The van der Waals surface area contributed by atoms with E-state index >= 15 is 0 Å². The fourth-order valence-corrected chi connectivity index (χ4v) is 0.851. The molecule has 0 radical (unpaired) electrons. The summed E-state index contributed by atoms with van der Waals surface area (Å²) in [6.07, 6.45) is 7.52. The number of aliphatic hydroxyl groups excluding tert-OH is 1. The first kappa shape index (κ1) is 7.06. The maximum Gasteiger partial charge on any atom is 0.219 e. The minimum absolute atomic E-state index is 0.115. The van der Waals surface area contributed by atoms with Crippen molar-refractivity contribution in [3.63, 3.8) is 0 Å². The first-order valence-corrected chi connectivity index (χ1v) is 3.40. The normalized spacial score (nSPS) is 28.0. The number of allylic oxidation sites excluding steroid dienone is 3. The summed E-state index contributed by atoms with van der Waals surface area (Å²) in [6, 6.07) is 0. The molecular weight excluding hydrogens is 128 g/mol. The summed E-state index contributed by atoms with van der Waals surface area (Å²) in [4.78, 5) is 10.8. The molecule has 0 heterocycles. The van der Waals surface area contributed by atoms with Crippen molar-refractivity contribution in [2.75, 3.05) is 0 Å². The molecule has 1 N–H and O–H groups in total. The van der Waals surface area contributed by atoms with Crippen molar-refractivity contribution >= 4 is 5.78 Å². The van der Waals surface area contributed by atoms with E-state index in [0.29, 0.717) is 0 Å². The van der Waals surface area contributed by atoms with Crippen LogP contribution in [-0.2, 0) is 4.79 Å². The first-order valence-electron chi connectivity index (χ1n) is 3.40. The van der Waals surface area contributed by atoms with Gasteiger partial charge in [0.15, 0.2) is 5.76 Å². The highest BCUT2D eigenvalue weighted by Crippen LogP contribution is 2.05. The maximum atomic E-state index is 10.8. The predicted molar refractivity (Wildman–Crippen MR) is 38.7 cm³/mol. The van der Waals surface area contributed by atoms with Gasteiger partial charge in [0.25, 0.3) is 0 Å². The molecule has 1 rings (SSSR count). The molecule has 0 saturated carbocycles. The van der Waals surface area contributed by atoms with Crippen LogP contribution in [0.2, 0.25) is 0 Å². The van der Waals surface area contributed by atoms with E-state index < -0.39 is 0 Å². The van der Waals surface area contributed by atoms with Gasteiger partial charge < -0.3 is 5.11 Å². The molecule has 2 heteroatoms. The molecule has 0 saturated heterocycles. The third kappa shape index (κ3) is 1.72. The van der Waals surface area contributed by atoms with Crippen LogP contribution in [0.5, 0.6) is 0 Å². The van der Waals surface area contributed by atoms with E-state index in [0.717, 1.165) is 19.3 Å². The Bertz CT molecular complexity index is 189. The molecule has 1 aliphatic carbocycles. The molecule has 1 aliphatic rings. The second-order valence-corrected chi connectivity index (χ2v) is 2.29. The highest BCUT2D eigenvalue weighted by atomic mass is 16.3. The summed E-state index contributed by atoms with van der Waals surface area (Å²) in [7, 11) is 0. The van der Waals surface area contributed by atoms with E-state index in [9.17, 15) is 4.79 Å². The molecule has 0 aromatic carbocycles. The number of hydrogen-bond acceptors (Lipinski definition) is 2. The first-order chi connectivity index (χ1) is 4.80. The predicted octanol–water partition coefficient (Wildman–Crippen LogP) is 1.74. The molecule has 0 aromatic heterocycles. The van der Waals surface area contributed by atoms with Crippen LogP contribution >= 0.6 is 0 Å². The van der Waals surface area contributed by atoms with Gasteiger partial charge in [-0.05, 0) is 31.4 Å². The maximum absolute atomic E-state index is 10.8. The summed E-state index contributed by atoms with van der Waals surface area (Å²) in [5, 5.41) is 8.94. The minimum atomic E-state index is -0.278. The molecule has 0 aromatic rings. The Balaban J connectivity index is 2.70. The number of aliphatic hydroxyl groups is 1. The van der Waals surface area contributed by atoms with Crippen LogP contribution in [0.4, 0.5) is 0 Å². The van der Waals surface area contributed by atoms with Crippen LogP contribution in [0, 0.1) is 0 Å². The molecule has 2 nitrogen and oxygen atoms in total. The fraction of sp³-hybridized carbons (Fsp3) is 0.375. The van der Waals surface area contributed by atoms with Gasteiger partial charge in [0.2, 0.25) is 5.78 Å². The van der Waals surface area contributed by atoms with Crippen molar-refractivity contribution < 1.29 is 9.90 Å². The third-order valence-electron chi connectivity index (χ3n) is 1.43. The Labute approximate surface area is 59.9 Å². The molecule has 0 unspecified atom stereocenters. The van der Waals surface area contributed by atoms with Crippen LogP contribution in [0.15, 0.2) is 24.0 Å². The lowest BCUT2D eigenvalue weighted by atomic mass is 10.1. The van der Waals surface area contributed by atoms with Crippen molar-refractivity contribution in [2.24, 2.45) is 0 Å². The quantitative estimate of drug-likeness (QED) is 0.553. The highest BCUT2D eigenvalue weighted by Gasteiger charge is 2.03. The van der Waals surface area contributed by atoms with Gasteiger partial charge in [-0.1, -0.05) is 6.08 Å². The Morgan fingerprint density at radius 1 is 1.40 bits per heavy atom. The van der Waals surface area contributed by atoms with Crippen LogP contribution in [0.1, 0.15) is 19.3 Å². The summed E-state index contributed by atoms with van der Waals surface area (Å²) in [6.45, 7) is 0. The van der Waals surface area contributed by atoms with E-state index in [4.69, 9.17) is 5.11 Å². The van der Waals surface area contributed by atoms with Crippen molar-refractivity contribution in [1.29, 1.82) is 0 Å². The van der Waals surface area contributed by atoms with Crippen LogP contribution in [0.3, 0.4) is 0 Å². The smallest absolute Gasteiger partial charge is 0.219 e. The van der Waals surface area contributed by atoms with E-state index in [2.05, 4.69) is 0 Å². The summed E-state index contributed by atoms with van der Waals surface area (Å²) < 4.78 is 0. The average molecular weight is 138 g/mol. The van der Waals surface area contributed by atoms with Crippen LogP contribution < -0.4 is 0 Å². The van der Waals surface area contributed by atoms with Gasteiger partial charge in [0.1, 0.15) is 0 Å². The Morgan fingerprint density at radius 3 is 3.00 bits per heavy atom. The van der Waals surface area contributed by atoms with Crippen molar-refractivity contribution in [3.8, 4) is 0 Å². The summed E-state index contributed by atoms with van der Waals surface area (Å²) in [5.41, 5.74) is 0. The Morgan fingerprint density at radius 2 is 2.20 bits per heavy atom. The van der Waals surface area contributed by atoms with Gasteiger partial charge in [0, 0.05) is 0 Å². The number of carbonyl (C=O) groups excluding carboxylic acids is 1. The lowest BCUT2D eigenvalue weighted by Gasteiger charge is -1.98. The number of hydrogen-bond donors (Lipinski definition) is 1. The van der Waals surface area contributed by atoms with Crippen LogP contribution in [-0.4, -0.2) is 10.9 Å². The SMILES string of the molecule is O=C1/C=C\CCC/C=C\1O. The van der Waals surface area contributed by atoms with E-state index in [1.807, 2.05) is 0 Å². The third-order valence-corrected chi connectivity index (χ3v) is 1.43. The summed E-state index contributed by atoms with van der Waals surface area (Å²) in [5.74, 6) is -0.393. The molecule has 54 valence electrons. The zero-order valence-corrected chi connectivity index (χ0v) is 5.71. The molecular formula is C8H10O2. The molecule has 10 heavy (non-hydrogen) atoms. The second kappa shape index (κ2) is 3.20. The lowest BCUT2D eigenvalue weighted by molar-refractivity contribution is -0.113. The van der Waals surface area contributed by atoms with Gasteiger partial charge >= 0.3 is 0 Å². The van der Waals surface area contributed by atoms with Gasteiger partial charge in [-0.15, -0.1) is 0 Å². The van der Waals surface area contributed by atoms with Crippen molar-refractivity contribution in [2.45, 2.75) is 19.3 Å². The molecule has 0 amide bonds. The average Bonchev–Trinajstić information content (AvgIpc) is 1.92. The van der Waals surface area contributed by atoms with Crippen molar-refractivity contribution in [1.82, 2.24) is 0 Å². The van der Waals surface area contributed by atoms with Gasteiger partial charge in [0.05, 0.1) is 0 Å². The van der Waals surface area contributed by atoms with E-state index in [1.54, 1.807) is 12.2 Å². The zero-order chi connectivity index (χ0) is 7.40. The standard InChI is InChI=1S/C8H10O2/c9-7-5-3-1-2-4-6-8(7)10/h3,5-6,10H,1-2,4H2/b5-3-,8-6+. The zero-order valence-electron chi connectivity index (χ0n) is 5.71. The highest BCUT2D eigenvalue weighted by molar-refractivity contribution is 6.01. The number of ketones is 1. The monoisotopic (exact) mass is 138 g/mol. The second-order valence-electron chi connectivity index (χ2n) is 2.29. The number of rotatable bonds is 0. The van der Waals surface area contributed by atoms with Gasteiger partial charge in [-0.3, -0.25) is 4.79 Å².